The normalized spacial score (nSPS) is 10.7. The summed E-state index contributed by atoms with van der Waals surface area (Å²) in [5, 5.41) is 7.16. The largest absolute Gasteiger partial charge is 0.354 e. The molecule has 0 bridgehead atoms. The smallest absolute Gasteiger partial charge is 0.226 e. The van der Waals surface area contributed by atoms with Crippen LogP contribution in [0.3, 0.4) is 0 Å². The van der Waals surface area contributed by atoms with Crippen LogP contribution in [0.4, 0.5) is 17.5 Å². The molecule has 0 amide bonds. The highest BCUT2D eigenvalue weighted by atomic mass is 35.5. The molecular weight excluding hydrogens is 312 g/mol. The van der Waals surface area contributed by atoms with Gasteiger partial charge in [-0.05, 0) is 30.7 Å². The molecule has 0 radical (unpaired) electrons. The van der Waals surface area contributed by atoms with Gasteiger partial charge in [-0.2, -0.15) is 9.97 Å². The van der Waals surface area contributed by atoms with Crippen LogP contribution < -0.4 is 10.6 Å². The molecular formula is C16H17ClN6. The maximum Gasteiger partial charge on any atom is 0.226 e. The van der Waals surface area contributed by atoms with Gasteiger partial charge in [0.1, 0.15) is 0 Å². The van der Waals surface area contributed by atoms with Crippen LogP contribution in [0, 0.1) is 0 Å². The maximum atomic E-state index is 5.92. The molecule has 0 unspecified atom stereocenters. The topological polar surface area (TPSA) is 75.6 Å². The first-order chi connectivity index (χ1) is 11.3. The summed E-state index contributed by atoms with van der Waals surface area (Å²) >= 11 is 5.92. The molecule has 0 aliphatic heterocycles. The second-order valence-electron chi connectivity index (χ2n) is 5.04. The van der Waals surface area contributed by atoms with E-state index in [0.29, 0.717) is 28.0 Å². The highest BCUT2D eigenvalue weighted by Gasteiger charge is 2.10. The molecule has 0 spiro atoms. The fourth-order valence-electron chi connectivity index (χ4n) is 2.08. The monoisotopic (exact) mass is 328 g/mol. The Balaban J connectivity index is 1.94. The van der Waals surface area contributed by atoms with Gasteiger partial charge in [0.25, 0.3) is 0 Å². The molecule has 0 aliphatic rings. The summed E-state index contributed by atoms with van der Waals surface area (Å²) in [6.07, 6.45) is 5.41. The van der Waals surface area contributed by atoms with Crippen LogP contribution in [-0.2, 0) is 0 Å². The fraction of sp³-hybridized carbons (Fsp3) is 0.250. The van der Waals surface area contributed by atoms with Crippen LogP contribution >= 0.6 is 11.6 Å². The molecule has 2 heterocycles. The van der Waals surface area contributed by atoms with Gasteiger partial charge in [0.15, 0.2) is 17.0 Å². The predicted octanol–water partition coefficient (Wildman–Crippen LogP) is 4.03. The molecule has 118 valence electrons. The summed E-state index contributed by atoms with van der Waals surface area (Å²) < 4.78 is 0. The van der Waals surface area contributed by atoms with Gasteiger partial charge < -0.3 is 10.6 Å². The molecule has 2 aromatic heterocycles. The molecule has 0 saturated heterocycles. The van der Waals surface area contributed by atoms with E-state index in [2.05, 4.69) is 37.5 Å². The van der Waals surface area contributed by atoms with Crippen molar-refractivity contribution in [2.75, 3.05) is 17.2 Å². The van der Waals surface area contributed by atoms with Crippen molar-refractivity contribution in [3.63, 3.8) is 0 Å². The van der Waals surface area contributed by atoms with Gasteiger partial charge >= 0.3 is 0 Å². The van der Waals surface area contributed by atoms with E-state index in [9.17, 15) is 0 Å². The SMILES string of the molecule is CCCCNc1nc(Nc2ccc(Cl)cc2)c2nccnc2n1. The van der Waals surface area contributed by atoms with Gasteiger partial charge in [0, 0.05) is 29.6 Å². The van der Waals surface area contributed by atoms with E-state index in [4.69, 9.17) is 11.6 Å². The predicted molar refractivity (Wildman–Crippen MR) is 93.3 cm³/mol. The Morgan fingerprint density at radius 3 is 2.61 bits per heavy atom. The minimum Gasteiger partial charge on any atom is -0.354 e. The zero-order valence-corrected chi connectivity index (χ0v) is 13.5. The van der Waals surface area contributed by atoms with Crippen molar-refractivity contribution in [2.45, 2.75) is 19.8 Å². The summed E-state index contributed by atoms with van der Waals surface area (Å²) in [7, 11) is 0. The average Bonchev–Trinajstić information content (AvgIpc) is 2.57. The molecule has 0 saturated carbocycles. The third-order valence-corrected chi connectivity index (χ3v) is 3.51. The van der Waals surface area contributed by atoms with Gasteiger partial charge in [0.05, 0.1) is 0 Å². The van der Waals surface area contributed by atoms with Crippen molar-refractivity contribution in [1.29, 1.82) is 0 Å². The lowest BCUT2D eigenvalue weighted by atomic mass is 10.3. The molecule has 1 aromatic carbocycles. The molecule has 3 rings (SSSR count). The van der Waals surface area contributed by atoms with Gasteiger partial charge in [-0.15, -0.1) is 0 Å². The number of benzene rings is 1. The van der Waals surface area contributed by atoms with E-state index < -0.39 is 0 Å². The van der Waals surface area contributed by atoms with E-state index in [0.717, 1.165) is 25.1 Å². The summed E-state index contributed by atoms with van der Waals surface area (Å²) in [6.45, 7) is 2.96. The van der Waals surface area contributed by atoms with Crippen LogP contribution in [0.1, 0.15) is 19.8 Å². The van der Waals surface area contributed by atoms with E-state index in [1.807, 2.05) is 24.3 Å². The zero-order chi connectivity index (χ0) is 16.1. The standard InChI is InChI=1S/C16H17ClN6/c1-2-3-8-20-16-22-14-13(18-9-10-19-14)15(23-16)21-12-6-4-11(17)5-7-12/h4-7,9-10H,2-3,8H2,1H3,(H2,19,20,21,22,23). The van der Waals surface area contributed by atoms with Crippen molar-refractivity contribution in [3.8, 4) is 0 Å². The van der Waals surface area contributed by atoms with Gasteiger partial charge in [0.2, 0.25) is 5.95 Å². The molecule has 0 aliphatic carbocycles. The Morgan fingerprint density at radius 1 is 1.04 bits per heavy atom. The Morgan fingerprint density at radius 2 is 1.83 bits per heavy atom. The molecule has 2 N–H and O–H groups in total. The minimum atomic E-state index is 0.544. The lowest BCUT2D eigenvalue weighted by molar-refractivity contribution is 0.827. The van der Waals surface area contributed by atoms with E-state index in [1.165, 1.54) is 0 Å². The third kappa shape index (κ3) is 3.84. The summed E-state index contributed by atoms with van der Waals surface area (Å²) in [5.41, 5.74) is 2.06. The number of aromatic nitrogens is 4. The van der Waals surface area contributed by atoms with Crippen molar-refractivity contribution < 1.29 is 0 Å². The Labute approximate surface area is 139 Å². The van der Waals surface area contributed by atoms with E-state index in [-0.39, 0.29) is 0 Å². The number of hydrogen-bond donors (Lipinski definition) is 2. The Bertz CT molecular complexity index is 790. The highest BCUT2D eigenvalue weighted by Crippen LogP contribution is 2.23. The van der Waals surface area contributed by atoms with Crippen molar-refractivity contribution in [2.24, 2.45) is 0 Å². The van der Waals surface area contributed by atoms with Crippen molar-refractivity contribution >= 4 is 40.2 Å². The summed E-state index contributed by atoms with van der Waals surface area (Å²) in [6, 6.07) is 7.41. The quantitative estimate of drug-likeness (QED) is 0.665. The van der Waals surface area contributed by atoms with Crippen LogP contribution in [0.25, 0.3) is 11.2 Å². The number of nitrogens with one attached hydrogen (secondary N) is 2. The molecule has 0 atom stereocenters. The minimum absolute atomic E-state index is 0.544. The average molecular weight is 329 g/mol. The number of halogens is 1. The first-order valence-electron chi connectivity index (χ1n) is 7.51. The van der Waals surface area contributed by atoms with E-state index >= 15 is 0 Å². The molecule has 0 fully saturated rings. The summed E-state index contributed by atoms with van der Waals surface area (Å²) in [5.74, 6) is 1.16. The van der Waals surface area contributed by atoms with E-state index in [1.54, 1.807) is 12.4 Å². The van der Waals surface area contributed by atoms with Gasteiger partial charge in [-0.25, -0.2) is 9.97 Å². The lowest BCUT2D eigenvalue weighted by Crippen LogP contribution is -2.08. The van der Waals surface area contributed by atoms with Crippen LogP contribution in [0.15, 0.2) is 36.7 Å². The fourth-order valence-corrected chi connectivity index (χ4v) is 2.20. The highest BCUT2D eigenvalue weighted by molar-refractivity contribution is 6.30. The number of anilines is 3. The van der Waals surface area contributed by atoms with Crippen molar-refractivity contribution in [1.82, 2.24) is 19.9 Å². The Hall–Kier alpha value is -2.47. The second-order valence-corrected chi connectivity index (χ2v) is 5.47. The summed E-state index contributed by atoms with van der Waals surface area (Å²) in [4.78, 5) is 17.5. The number of unbranched alkanes of at least 4 members (excludes halogenated alkanes) is 1. The number of rotatable bonds is 6. The van der Waals surface area contributed by atoms with Crippen LogP contribution in [0.5, 0.6) is 0 Å². The zero-order valence-electron chi connectivity index (χ0n) is 12.8. The van der Waals surface area contributed by atoms with Gasteiger partial charge in [-0.3, -0.25) is 0 Å². The first-order valence-corrected chi connectivity index (χ1v) is 7.89. The molecule has 7 heteroatoms. The number of hydrogen-bond acceptors (Lipinski definition) is 6. The maximum absolute atomic E-state index is 5.92. The first kappa shape index (κ1) is 15.4. The van der Waals surface area contributed by atoms with Gasteiger partial charge in [-0.1, -0.05) is 24.9 Å². The van der Waals surface area contributed by atoms with Crippen LogP contribution in [0.2, 0.25) is 5.02 Å². The Kier molecular flexibility index (Phi) is 4.83. The third-order valence-electron chi connectivity index (χ3n) is 3.25. The lowest BCUT2D eigenvalue weighted by Gasteiger charge is -2.10. The second kappa shape index (κ2) is 7.19. The van der Waals surface area contributed by atoms with Crippen LogP contribution in [-0.4, -0.2) is 26.5 Å². The number of nitrogens with zero attached hydrogens (tertiary/aromatic N) is 4. The molecule has 3 aromatic rings. The molecule has 6 nitrogen and oxygen atoms in total. The van der Waals surface area contributed by atoms with Crippen molar-refractivity contribution in [3.05, 3.63) is 41.7 Å². The number of fused-ring (bicyclic) bond motifs is 1. The molecule has 23 heavy (non-hydrogen) atoms.